The van der Waals surface area contributed by atoms with Crippen molar-refractivity contribution >= 4 is 13.9 Å². The van der Waals surface area contributed by atoms with E-state index in [1.54, 1.807) is 6.07 Å². The van der Waals surface area contributed by atoms with Crippen molar-refractivity contribution in [3.05, 3.63) is 35.9 Å². The Hall–Kier alpha value is -1.16. The molecule has 0 aromatic heterocycles. The molecule has 0 unspecified atom stereocenters. The number of amides is 1. The first-order chi connectivity index (χ1) is 6.68. The second kappa shape index (κ2) is 3.45. The molecule has 0 bridgehead atoms. The number of carbonyl (C=O) groups is 1. The van der Waals surface area contributed by atoms with E-state index in [0.717, 1.165) is 0 Å². The second-order valence-electron chi connectivity index (χ2n) is 2.88. The average molecular weight is 241 g/mol. The fourth-order valence-corrected chi connectivity index (χ4v) is 1.29. The quantitative estimate of drug-likeness (QED) is 0.570. The third-order valence-corrected chi connectivity index (χ3v) is 2.86. The van der Waals surface area contributed by atoms with Gasteiger partial charge in [0, 0.05) is 0 Å². The van der Waals surface area contributed by atoms with Crippen molar-refractivity contribution in [1.82, 2.24) is 4.67 Å². The van der Waals surface area contributed by atoms with Gasteiger partial charge in [0.05, 0.1) is 0 Å². The molecule has 84 valence electrons. The molecule has 7 heteroatoms. The molecule has 1 aromatic carbocycles. The minimum atomic E-state index is -7.99. The molecule has 0 spiro atoms. The van der Waals surface area contributed by atoms with Crippen LogP contribution in [0.1, 0.15) is 10.4 Å². The van der Waals surface area contributed by atoms with Crippen LogP contribution in [0.2, 0.25) is 0 Å². The van der Waals surface area contributed by atoms with Crippen LogP contribution in [0.15, 0.2) is 30.3 Å². The molecule has 0 radical (unpaired) electrons. The zero-order valence-corrected chi connectivity index (χ0v) is 8.60. The first-order valence-electron chi connectivity index (χ1n) is 3.91. The van der Waals surface area contributed by atoms with E-state index >= 15 is 0 Å². The standard InChI is InChI=1S/C8H8F4NOP/c1-13(15(9,10,11)12)8(14)7-5-3-2-4-6-7/h2-6H,1H3. The van der Waals surface area contributed by atoms with Crippen molar-refractivity contribution in [2.75, 3.05) is 7.05 Å². The van der Waals surface area contributed by atoms with Gasteiger partial charge in [0.1, 0.15) is 0 Å². The van der Waals surface area contributed by atoms with Crippen LogP contribution >= 0.6 is 8.00 Å². The van der Waals surface area contributed by atoms with Gasteiger partial charge < -0.3 is 0 Å². The average Bonchev–Trinajstić information content (AvgIpc) is 2.14. The van der Waals surface area contributed by atoms with E-state index in [1.165, 1.54) is 24.3 Å². The van der Waals surface area contributed by atoms with Crippen molar-refractivity contribution < 1.29 is 21.6 Å². The Labute approximate surface area is 84.0 Å². The topological polar surface area (TPSA) is 20.3 Å². The molecule has 15 heavy (non-hydrogen) atoms. The molecule has 1 aromatic rings. The first-order valence-corrected chi connectivity index (χ1v) is 5.66. The molecule has 0 saturated heterocycles. The monoisotopic (exact) mass is 241 g/mol. The van der Waals surface area contributed by atoms with Gasteiger partial charge in [0.2, 0.25) is 0 Å². The van der Waals surface area contributed by atoms with Crippen LogP contribution in [-0.2, 0) is 0 Å². The molecule has 2 nitrogen and oxygen atoms in total. The third-order valence-electron chi connectivity index (χ3n) is 1.77. The summed E-state index contributed by atoms with van der Waals surface area (Å²) in [7, 11) is -7.59. The van der Waals surface area contributed by atoms with Gasteiger partial charge >= 0.3 is 83.1 Å². The van der Waals surface area contributed by atoms with E-state index in [-0.39, 0.29) is 5.56 Å². The molecule has 0 aliphatic heterocycles. The van der Waals surface area contributed by atoms with E-state index in [4.69, 9.17) is 0 Å². The number of benzene rings is 1. The summed E-state index contributed by atoms with van der Waals surface area (Å²) in [5.74, 6) is -1.39. The second-order valence-corrected chi connectivity index (χ2v) is 4.85. The van der Waals surface area contributed by atoms with Crippen LogP contribution in [0, 0.1) is 0 Å². The van der Waals surface area contributed by atoms with Crippen molar-refractivity contribution in [3.63, 3.8) is 0 Å². The number of hydrogen-bond acceptors (Lipinski definition) is 1. The first kappa shape index (κ1) is 11.9. The Bertz CT molecular complexity index is 366. The molecule has 0 heterocycles. The van der Waals surface area contributed by atoms with Gasteiger partial charge in [0.25, 0.3) is 0 Å². The summed E-state index contributed by atoms with van der Waals surface area (Å²) in [6.45, 7) is 0. The van der Waals surface area contributed by atoms with Gasteiger partial charge in [-0.2, -0.15) is 0 Å². The van der Waals surface area contributed by atoms with Crippen molar-refractivity contribution in [2.24, 2.45) is 0 Å². The van der Waals surface area contributed by atoms with Gasteiger partial charge in [-0.3, -0.25) is 0 Å². The van der Waals surface area contributed by atoms with Crippen LogP contribution < -0.4 is 0 Å². The number of nitrogens with zero attached hydrogens (tertiary/aromatic N) is 1. The SMILES string of the molecule is CN(C(=O)c1ccccc1)P(F)(F)(F)F. The molecule has 0 N–H and O–H groups in total. The summed E-state index contributed by atoms with van der Waals surface area (Å²) >= 11 is 0. The molecular weight excluding hydrogens is 233 g/mol. The Morgan fingerprint density at radius 3 is 2.00 bits per heavy atom. The van der Waals surface area contributed by atoms with Gasteiger partial charge in [-0.25, -0.2) is 0 Å². The van der Waals surface area contributed by atoms with Crippen molar-refractivity contribution in [2.45, 2.75) is 0 Å². The maximum absolute atomic E-state index is 12.2. The number of carbonyl (C=O) groups excluding carboxylic acids is 1. The fourth-order valence-electron chi connectivity index (χ4n) is 0.905. The molecule has 0 aliphatic rings. The molecule has 1 amide bonds. The molecule has 1 rings (SSSR count). The van der Waals surface area contributed by atoms with Crippen LogP contribution in [-0.4, -0.2) is 17.6 Å². The Morgan fingerprint density at radius 2 is 1.60 bits per heavy atom. The Morgan fingerprint density at radius 1 is 1.13 bits per heavy atom. The summed E-state index contributed by atoms with van der Waals surface area (Å²) in [5, 5.41) is 0. The molecule has 0 saturated carbocycles. The summed E-state index contributed by atoms with van der Waals surface area (Å²) in [4.78, 5) is 11.2. The molecule has 0 aliphatic carbocycles. The minimum absolute atomic E-state index is 0.195. The Kier molecular flexibility index (Phi) is 2.74. The van der Waals surface area contributed by atoms with Crippen molar-refractivity contribution in [1.29, 1.82) is 0 Å². The molecular formula is C8H8F4NOP. The molecule has 0 fully saturated rings. The predicted octanol–water partition coefficient (Wildman–Crippen LogP) is 3.76. The van der Waals surface area contributed by atoms with E-state index in [1.807, 2.05) is 0 Å². The Balaban J connectivity index is 2.98. The predicted molar refractivity (Wildman–Crippen MR) is 49.9 cm³/mol. The van der Waals surface area contributed by atoms with Gasteiger partial charge in [-0.05, 0) is 0 Å². The summed E-state index contributed by atoms with van der Waals surface area (Å²) in [5.41, 5.74) is -0.195. The van der Waals surface area contributed by atoms with E-state index in [9.17, 15) is 21.6 Å². The maximum atomic E-state index is 12.2. The van der Waals surface area contributed by atoms with Crippen LogP contribution in [0.5, 0.6) is 0 Å². The number of halogens is 4. The van der Waals surface area contributed by atoms with Gasteiger partial charge in [-0.15, -0.1) is 0 Å². The number of rotatable bonds is 2. The summed E-state index contributed by atoms with van der Waals surface area (Å²) in [6, 6.07) is 6.75. The van der Waals surface area contributed by atoms with Gasteiger partial charge in [-0.1, -0.05) is 0 Å². The van der Waals surface area contributed by atoms with E-state index in [0.29, 0.717) is 7.05 Å². The normalized spacial score (nSPS) is 14.1. The summed E-state index contributed by atoms with van der Waals surface area (Å²) in [6.07, 6.45) is 0. The van der Waals surface area contributed by atoms with Crippen LogP contribution in [0.25, 0.3) is 0 Å². The summed E-state index contributed by atoms with van der Waals surface area (Å²) < 4.78 is 48.2. The zero-order chi connectivity index (χ0) is 11.7. The van der Waals surface area contributed by atoms with Crippen molar-refractivity contribution in [3.8, 4) is 0 Å². The van der Waals surface area contributed by atoms with Gasteiger partial charge in [0.15, 0.2) is 0 Å². The van der Waals surface area contributed by atoms with E-state index in [2.05, 4.69) is 0 Å². The van der Waals surface area contributed by atoms with Crippen LogP contribution in [0.3, 0.4) is 0 Å². The molecule has 0 atom stereocenters. The third kappa shape index (κ3) is 2.89. The number of hydrogen-bond donors (Lipinski definition) is 0. The van der Waals surface area contributed by atoms with Crippen LogP contribution in [0.4, 0.5) is 16.8 Å². The zero-order valence-electron chi connectivity index (χ0n) is 7.70. The van der Waals surface area contributed by atoms with E-state index < -0.39 is 18.6 Å². The fraction of sp³-hybridized carbons (Fsp3) is 0.125.